The first-order valence-electron chi connectivity index (χ1n) is 9.17. The number of hydrogen-bond acceptors (Lipinski definition) is 6. The van der Waals surface area contributed by atoms with Crippen molar-refractivity contribution in [3.05, 3.63) is 46.7 Å². The van der Waals surface area contributed by atoms with Gasteiger partial charge in [-0.3, -0.25) is 0 Å². The molecule has 6 heteroatoms. The van der Waals surface area contributed by atoms with Crippen LogP contribution in [0.5, 0.6) is 5.75 Å². The normalized spacial score (nSPS) is 22.9. The Hall–Kier alpha value is -1.60. The van der Waals surface area contributed by atoms with Crippen molar-refractivity contribution in [1.29, 1.82) is 0 Å². The molecule has 26 heavy (non-hydrogen) atoms. The highest BCUT2D eigenvalue weighted by Crippen LogP contribution is 2.30. The molecule has 0 fully saturated rings. The molecule has 1 aliphatic rings. The highest BCUT2D eigenvalue weighted by atomic mass is 32.1. The summed E-state index contributed by atoms with van der Waals surface area (Å²) in [6.45, 7) is 2.75. The van der Waals surface area contributed by atoms with Gasteiger partial charge in [0.1, 0.15) is 11.9 Å². The van der Waals surface area contributed by atoms with Gasteiger partial charge in [-0.15, -0.1) is 11.3 Å². The lowest BCUT2D eigenvalue weighted by atomic mass is 10.1. The molecular formula is C20H27NO4S. The van der Waals surface area contributed by atoms with E-state index in [0.717, 1.165) is 30.8 Å². The van der Waals surface area contributed by atoms with Crippen LogP contribution in [0.15, 0.2) is 41.8 Å². The SMILES string of the molecule is O[C@@H]1COCCCCOc2ccccc2N(Cc2cccs2)CC[C@@H]1O. The second kappa shape index (κ2) is 9.92. The smallest absolute Gasteiger partial charge is 0.142 e. The van der Waals surface area contributed by atoms with E-state index in [1.165, 1.54) is 4.88 Å². The number of nitrogens with zero attached hydrogens (tertiary/aromatic N) is 1. The van der Waals surface area contributed by atoms with Gasteiger partial charge >= 0.3 is 0 Å². The van der Waals surface area contributed by atoms with Gasteiger partial charge in [0, 0.05) is 18.0 Å². The minimum atomic E-state index is -0.854. The van der Waals surface area contributed by atoms with Crippen LogP contribution in [-0.4, -0.2) is 48.8 Å². The predicted molar refractivity (Wildman–Crippen MR) is 104 cm³/mol. The van der Waals surface area contributed by atoms with Crippen molar-refractivity contribution in [3.63, 3.8) is 0 Å². The van der Waals surface area contributed by atoms with Crippen LogP contribution < -0.4 is 9.64 Å². The van der Waals surface area contributed by atoms with Gasteiger partial charge < -0.3 is 24.6 Å². The van der Waals surface area contributed by atoms with Crippen LogP contribution in [0.25, 0.3) is 0 Å². The first kappa shape index (κ1) is 19.2. The molecule has 2 heterocycles. The van der Waals surface area contributed by atoms with Crippen LogP contribution in [-0.2, 0) is 11.3 Å². The first-order valence-corrected chi connectivity index (χ1v) is 10.0. The van der Waals surface area contributed by atoms with E-state index >= 15 is 0 Å². The molecule has 2 aromatic rings. The molecule has 0 unspecified atom stereocenters. The maximum Gasteiger partial charge on any atom is 0.142 e. The third-order valence-corrected chi connectivity index (χ3v) is 5.36. The lowest BCUT2D eigenvalue weighted by Crippen LogP contribution is -2.35. The van der Waals surface area contributed by atoms with Gasteiger partial charge in [0.05, 0.1) is 31.5 Å². The summed E-state index contributed by atoms with van der Waals surface area (Å²) in [6.07, 6.45) is 0.552. The summed E-state index contributed by atoms with van der Waals surface area (Å²) in [7, 11) is 0. The third kappa shape index (κ3) is 5.45. The first-order chi connectivity index (χ1) is 12.7. The number of rotatable bonds is 2. The molecule has 1 aromatic carbocycles. The van der Waals surface area contributed by atoms with Crippen molar-refractivity contribution in [1.82, 2.24) is 0 Å². The average Bonchev–Trinajstić information content (AvgIpc) is 3.17. The van der Waals surface area contributed by atoms with Crippen LogP contribution >= 0.6 is 11.3 Å². The van der Waals surface area contributed by atoms with Gasteiger partial charge in [-0.05, 0) is 42.8 Å². The molecule has 0 saturated carbocycles. The van der Waals surface area contributed by atoms with Gasteiger partial charge in [-0.25, -0.2) is 0 Å². The Bertz CT molecular complexity index is 649. The van der Waals surface area contributed by atoms with Crippen molar-refractivity contribution < 1.29 is 19.7 Å². The fourth-order valence-corrected chi connectivity index (χ4v) is 3.72. The minimum absolute atomic E-state index is 0.170. The topological polar surface area (TPSA) is 62.2 Å². The number of fused-ring (bicyclic) bond motifs is 1. The second-order valence-electron chi connectivity index (χ2n) is 6.52. The largest absolute Gasteiger partial charge is 0.491 e. The molecule has 142 valence electrons. The molecule has 1 aromatic heterocycles. The van der Waals surface area contributed by atoms with E-state index < -0.39 is 12.2 Å². The molecule has 1 aliphatic heterocycles. The summed E-state index contributed by atoms with van der Waals surface area (Å²) in [5, 5.41) is 22.5. The van der Waals surface area contributed by atoms with Gasteiger partial charge in [0.2, 0.25) is 0 Å². The molecule has 0 radical (unpaired) electrons. The summed E-state index contributed by atoms with van der Waals surface area (Å²) < 4.78 is 11.5. The summed E-state index contributed by atoms with van der Waals surface area (Å²) >= 11 is 1.71. The number of anilines is 1. The fourth-order valence-electron chi connectivity index (χ4n) is 3.00. The third-order valence-electron chi connectivity index (χ3n) is 4.50. The van der Waals surface area contributed by atoms with Crippen molar-refractivity contribution in [3.8, 4) is 5.75 Å². The van der Waals surface area contributed by atoms with Crippen LogP contribution in [0.4, 0.5) is 5.69 Å². The zero-order chi connectivity index (χ0) is 18.2. The van der Waals surface area contributed by atoms with E-state index in [4.69, 9.17) is 9.47 Å². The van der Waals surface area contributed by atoms with Crippen LogP contribution in [0.3, 0.4) is 0 Å². The number of benzene rings is 1. The Morgan fingerprint density at radius 1 is 1.04 bits per heavy atom. The number of hydrogen-bond donors (Lipinski definition) is 2. The number of aliphatic hydroxyl groups excluding tert-OH is 2. The standard InChI is InChI=1S/C20H27NO4S/c22-18-9-10-21(14-16-6-5-13-26-16)17-7-1-2-8-20(17)25-12-4-3-11-24-15-19(18)23/h1-2,5-8,13,18-19,22-23H,3-4,9-12,14-15H2/t18-,19+/m0/s1. The fraction of sp³-hybridized carbons (Fsp3) is 0.500. The quantitative estimate of drug-likeness (QED) is 0.842. The minimum Gasteiger partial charge on any atom is -0.491 e. The zero-order valence-electron chi connectivity index (χ0n) is 14.9. The Balaban J connectivity index is 1.81. The Morgan fingerprint density at radius 3 is 2.73 bits per heavy atom. The second-order valence-corrected chi connectivity index (χ2v) is 7.55. The summed E-state index contributed by atoms with van der Waals surface area (Å²) in [6, 6.07) is 12.2. The van der Waals surface area contributed by atoms with Gasteiger partial charge in [-0.1, -0.05) is 18.2 Å². The Labute approximate surface area is 158 Å². The Kier molecular flexibility index (Phi) is 7.32. The van der Waals surface area contributed by atoms with E-state index in [9.17, 15) is 10.2 Å². The Morgan fingerprint density at radius 2 is 1.88 bits per heavy atom. The van der Waals surface area contributed by atoms with Crippen molar-refractivity contribution in [2.75, 3.05) is 31.3 Å². The molecule has 3 rings (SSSR count). The van der Waals surface area contributed by atoms with Gasteiger partial charge in [0.25, 0.3) is 0 Å². The number of ether oxygens (including phenoxy) is 2. The molecule has 0 bridgehead atoms. The molecule has 0 amide bonds. The van der Waals surface area contributed by atoms with Crippen molar-refractivity contribution in [2.45, 2.75) is 38.0 Å². The molecular weight excluding hydrogens is 350 g/mol. The summed E-state index contributed by atoms with van der Waals surface area (Å²) in [5.74, 6) is 0.858. The van der Waals surface area contributed by atoms with E-state index in [0.29, 0.717) is 26.2 Å². The molecule has 2 N–H and O–H groups in total. The van der Waals surface area contributed by atoms with Crippen LogP contribution in [0.1, 0.15) is 24.1 Å². The lowest BCUT2D eigenvalue weighted by Gasteiger charge is -2.28. The van der Waals surface area contributed by atoms with Crippen LogP contribution in [0.2, 0.25) is 0 Å². The number of aliphatic hydroxyl groups is 2. The van der Waals surface area contributed by atoms with Crippen molar-refractivity contribution >= 4 is 17.0 Å². The van der Waals surface area contributed by atoms with Crippen LogP contribution in [0, 0.1) is 0 Å². The zero-order valence-corrected chi connectivity index (χ0v) is 15.7. The summed E-state index contributed by atoms with van der Waals surface area (Å²) in [5.41, 5.74) is 1.02. The monoisotopic (exact) mass is 377 g/mol. The molecule has 5 nitrogen and oxygen atoms in total. The average molecular weight is 378 g/mol. The number of thiophene rings is 1. The van der Waals surface area contributed by atoms with E-state index in [2.05, 4.69) is 22.4 Å². The van der Waals surface area contributed by atoms with Crippen molar-refractivity contribution in [2.24, 2.45) is 0 Å². The van der Waals surface area contributed by atoms with E-state index in [-0.39, 0.29) is 6.61 Å². The molecule has 0 spiro atoms. The van der Waals surface area contributed by atoms with Gasteiger partial charge in [-0.2, -0.15) is 0 Å². The maximum atomic E-state index is 10.3. The highest BCUT2D eigenvalue weighted by Gasteiger charge is 2.20. The molecule has 2 atom stereocenters. The number of para-hydroxylation sites is 2. The molecule has 0 aliphatic carbocycles. The van der Waals surface area contributed by atoms with E-state index in [1.807, 2.05) is 24.3 Å². The lowest BCUT2D eigenvalue weighted by molar-refractivity contribution is -0.0405. The molecule has 0 saturated heterocycles. The maximum absolute atomic E-state index is 10.3. The predicted octanol–water partition coefficient (Wildman–Crippen LogP) is 3.06. The highest BCUT2D eigenvalue weighted by molar-refractivity contribution is 7.09. The van der Waals surface area contributed by atoms with E-state index in [1.54, 1.807) is 11.3 Å². The summed E-state index contributed by atoms with van der Waals surface area (Å²) in [4.78, 5) is 3.46. The van der Waals surface area contributed by atoms with Gasteiger partial charge in [0.15, 0.2) is 0 Å².